The van der Waals surface area contributed by atoms with Crippen LogP contribution in [0.15, 0.2) is 30.5 Å². The number of nitrogens with zero attached hydrogens (tertiary/aromatic N) is 1. The van der Waals surface area contributed by atoms with Gasteiger partial charge < -0.3 is 9.72 Å². The third kappa shape index (κ3) is 2.51. The molecule has 90 valence electrons. The molecule has 2 heterocycles. The van der Waals surface area contributed by atoms with E-state index < -0.39 is 0 Å². The van der Waals surface area contributed by atoms with Gasteiger partial charge in [0.1, 0.15) is 0 Å². The van der Waals surface area contributed by atoms with Gasteiger partial charge in [-0.05, 0) is 29.5 Å². The number of H-pyrrole nitrogens is 1. The third-order valence-corrected chi connectivity index (χ3v) is 3.44. The van der Waals surface area contributed by atoms with Crippen molar-refractivity contribution in [3.05, 3.63) is 36.0 Å². The van der Waals surface area contributed by atoms with Crippen LogP contribution in [0.2, 0.25) is 0 Å². The molecule has 1 aromatic heterocycles. The van der Waals surface area contributed by atoms with E-state index in [9.17, 15) is 0 Å². The highest BCUT2D eigenvalue weighted by molar-refractivity contribution is 5.79. The highest BCUT2D eigenvalue weighted by atomic mass is 16.5. The van der Waals surface area contributed by atoms with Gasteiger partial charge in [-0.3, -0.25) is 4.90 Å². The van der Waals surface area contributed by atoms with E-state index in [1.54, 1.807) is 0 Å². The minimum atomic E-state index is 0.885. The predicted octanol–water partition coefficient (Wildman–Crippen LogP) is 2.04. The molecule has 0 aliphatic carbocycles. The molecule has 1 N–H and O–H groups in total. The Kier molecular flexibility index (Phi) is 3.12. The van der Waals surface area contributed by atoms with Crippen molar-refractivity contribution in [3.63, 3.8) is 0 Å². The molecule has 1 aromatic carbocycles. The molecule has 2 aromatic rings. The van der Waals surface area contributed by atoms with Crippen LogP contribution in [0.5, 0.6) is 0 Å². The fraction of sp³-hybridized carbons (Fsp3) is 0.429. The molecule has 1 aliphatic heterocycles. The summed E-state index contributed by atoms with van der Waals surface area (Å²) in [7, 11) is 0. The molecule has 0 spiro atoms. The summed E-state index contributed by atoms with van der Waals surface area (Å²) in [6.07, 6.45) is 3.12. The Morgan fingerprint density at radius 3 is 2.94 bits per heavy atom. The van der Waals surface area contributed by atoms with Crippen molar-refractivity contribution in [1.29, 1.82) is 0 Å². The largest absolute Gasteiger partial charge is 0.379 e. The number of morpholine rings is 1. The van der Waals surface area contributed by atoms with Crippen LogP contribution in [0.25, 0.3) is 10.9 Å². The minimum absolute atomic E-state index is 0.885. The standard InChI is InChI=1S/C14H18N2O/c1-2-13-3-5-15-14(13)11-12(1)4-6-16-7-9-17-10-8-16/h1-3,5,11,15H,4,6-10H2. The van der Waals surface area contributed by atoms with Gasteiger partial charge in [0.15, 0.2) is 0 Å². The smallest absolute Gasteiger partial charge is 0.0594 e. The summed E-state index contributed by atoms with van der Waals surface area (Å²) < 4.78 is 5.35. The van der Waals surface area contributed by atoms with Crippen LogP contribution in [-0.4, -0.2) is 42.7 Å². The number of ether oxygens (including phenoxy) is 1. The summed E-state index contributed by atoms with van der Waals surface area (Å²) in [6, 6.07) is 8.80. The van der Waals surface area contributed by atoms with Crippen LogP contribution >= 0.6 is 0 Å². The number of hydrogen-bond donors (Lipinski definition) is 1. The summed E-state index contributed by atoms with van der Waals surface area (Å²) >= 11 is 0. The molecule has 3 rings (SSSR count). The van der Waals surface area contributed by atoms with Crippen molar-refractivity contribution in [2.45, 2.75) is 6.42 Å². The molecule has 0 amide bonds. The Hall–Kier alpha value is -1.32. The van der Waals surface area contributed by atoms with Crippen molar-refractivity contribution in [2.75, 3.05) is 32.8 Å². The van der Waals surface area contributed by atoms with E-state index in [2.05, 4.69) is 34.1 Å². The van der Waals surface area contributed by atoms with E-state index >= 15 is 0 Å². The monoisotopic (exact) mass is 230 g/mol. The molecule has 0 atom stereocenters. The number of nitrogens with one attached hydrogen (secondary N) is 1. The van der Waals surface area contributed by atoms with Crippen molar-refractivity contribution in [1.82, 2.24) is 9.88 Å². The molecule has 0 saturated carbocycles. The Bertz CT molecular complexity index is 486. The fourth-order valence-corrected chi connectivity index (χ4v) is 2.36. The first kappa shape index (κ1) is 10.8. The molecule has 1 fully saturated rings. The van der Waals surface area contributed by atoms with Crippen molar-refractivity contribution >= 4 is 10.9 Å². The molecule has 1 aliphatic rings. The molecule has 0 bridgehead atoms. The van der Waals surface area contributed by atoms with Crippen LogP contribution < -0.4 is 0 Å². The topological polar surface area (TPSA) is 28.3 Å². The average molecular weight is 230 g/mol. The van der Waals surface area contributed by atoms with E-state index in [1.807, 2.05) is 6.20 Å². The number of aromatic nitrogens is 1. The summed E-state index contributed by atoms with van der Waals surface area (Å²) in [5.41, 5.74) is 2.65. The van der Waals surface area contributed by atoms with Gasteiger partial charge in [-0.15, -0.1) is 0 Å². The maximum Gasteiger partial charge on any atom is 0.0594 e. The van der Waals surface area contributed by atoms with Gasteiger partial charge >= 0.3 is 0 Å². The second kappa shape index (κ2) is 4.90. The summed E-state index contributed by atoms with van der Waals surface area (Å²) in [6.45, 7) is 5.05. The van der Waals surface area contributed by atoms with E-state index in [1.165, 1.54) is 16.5 Å². The average Bonchev–Trinajstić information content (AvgIpc) is 2.85. The highest BCUT2D eigenvalue weighted by Crippen LogP contribution is 2.14. The summed E-state index contributed by atoms with van der Waals surface area (Å²) in [5, 5.41) is 1.29. The van der Waals surface area contributed by atoms with Crippen molar-refractivity contribution in [3.8, 4) is 0 Å². The summed E-state index contributed by atoms with van der Waals surface area (Å²) in [5.74, 6) is 0. The minimum Gasteiger partial charge on any atom is -0.379 e. The first-order chi connectivity index (χ1) is 8.42. The van der Waals surface area contributed by atoms with Gasteiger partial charge in [0.05, 0.1) is 13.2 Å². The van der Waals surface area contributed by atoms with Crippen molar-refractivity contribution in [2.24, 2.45) is 0 Å². The van der Waals surface area contributed by atoms with Crippen LogP contribution in [-0.2, 0) is 11.2 Å². The number of benzene rings is 1. The molecule has 3 nitrogen and oxygen atoms in total. The fourth-order valence-electron chi connectivity index (χ4n) is 2.36. The van der Waals surface area contributed by atoms with E-state index in [0.29, 0.717) is 0 Å². The second-order valence-electron chi connectivity index (χ2n) is 4.60. The van der Waals surface area contributed by atoms with Gasteiger partial charge in [-0.25, -0.2) is 0 Å². The van der Waals surface area contributed by atoms with Crippen LogP contribution in [0.1, 0.15) is 5.56 Å². The first-order valence-electron chi connectivity index (χ1n) is 6.28. The Morgan fingerprint density at radius 2 is 2.06 bits per heavy atom. The normalized spacial score (nSPS) is 17.6. The number of aromatic amines is 1. The molecular weight excluding hydrogens is 212 g/mol. The van der Waals surface area contributed by atoms with Gasteiger partial charge in [-0.2, -0.15) is 0 Å². The van der Waals surface area contributed by atoms with Gasteiger partial charge in [0, 0.05) is 31.3 Å². The first-order valence-corrected chi connectivity index (χ1v) is 6.28. The lowest BCUT2D eigenvalue weighted by Crippen LogP contribution is -2.37. The van der Waals surface area contributed by atoms with E-state index in [0.717, 1.165) is 39.3 Å². The highest BCUT2D eigenvalue weighted by Gasteiger charge is 2.09. The molecule has 0 unspecified atom stereocenters. The summed E-state index contributed by atoms with van der Waals surface area (Å²) in [4.78, 5) is 5.74. The lowest BCUT2D eigenvalue weighted by atomic mass is 10.1. The molecular formula is C14H18N2O. The molecule has 1 saturated heterocycles. The Labute approximate surface area is 101 Å². The van der Waals surface area contributed by atoms with Crippen molar-refractivity contribution < 1.29 is 4.74 Å². The maximum absolute atomic E-state index is 5.35. The van der Waals surface area contributed by atoms with Gasteiger partial charge in [0.25, 0.3) is 0 Å². The zero-order valence-corrected chi connectivity index (χ0v) is 9.98. The van der Waals surface area contributed by atoms with E-state index in [4.69, 9.17) is 4.74 Å². The quantitative estimate of drug-likeness (QED) is 0.874. The Balaban J connectivity index is 1.63. The maximum atomic E-state index is 5.35. The van der Waals surface area contributed by atoms with E-state index in [-0.39, 0.29) is 0 Å². The molecule has 17 heavy (non-hydrogen) atoms. The lowest BCUT2D eigenvalue weighted by Gasteiger charge is -2.26. The zero-order valence-electron chi connectivity index (χ0n) is 9.98. The molecule has 3 heteroatoms. The third-order valence-electron chi connectivity index (χ3n) is 3.44. The zero-order chi connectivity index (χ0) is 11.5. The van der Waals surface area contributed by atoms with Gasteiger partial charge in [0.2, 0.25) is 0 Å². The number of hydrogen-bond acceptors (Lipinski definition) is 2. The molecule has 0 radical (unpaired) electrons. The van der Waals surface area contributed by atoms with Gasteiger partial charge in [-0.1, -0.05) is 12.1 Å². The van der Waals surface area contributed by atoms with Crippen LogP contribution in [0, 0.1) is 0 Å². The lowest BCUT2D eigenvalue weighted by molar-refractivity contribution is 0.0384. The van der Waals surface area contributed by atoms with Crippen LogP contribution in [0.4, 0.5) is 0 Å². The van der Waals surface area contributed by atoms with Crippen LogP contribution in [0.3, 0.4) is 0 Å². The Morgan fingerprint density at radius 1 is 1.18 bits per heavy atom. The SMILES string of the molecule is c1cc2ccc(CCN3CCOCC3)cc2[nH]1. The number of fused-ring (bicyclic) bond motifs is 1. The second-order valence-corrected chi connectivity index (χ2v) is 4.60. The number of rotatable bonds is 3. The predicted molar refractivity (Wildman–Crippen MR) is 69.3 cm³/mol.